The molecule has 0 radical (unpaired) electrons. The highest BCUT2D eigenvalue weighted by Crippen LogP contribution is 2.27. The SMILES string of the molecule is Cc1cc(C)cc(N(C)C(=O)CCC(C)(C)CCN)c1. The summed E-state index contributed by atoms with van der Waals surface area (Å²) < 4.78 is 0. The van der Waals surface area contributed by atoms with E-state index < -0.39 is 0 Å². The van der Waals surface area contributed by atoms with Gasteiger partial charge in [-0.15, -0.1) is 0 Å². The quantitative estimate of drug-likeness (QED) is 0.865. The zero-order valence-corrected chi connectivity index (χ0v) is 13.5. The Morgan fingerprint density at radius 3 is 2.20 bits per heavy atom. The van der Waals surface area contributed by atoms with E-state index in [4.69, 9.17) is 5.73 Å². The summed E-state index contributed by atoms with van der Waals surface area (Å²) in [6.07, 6.45) is 2.39. The number of amides is 1. The van der Waals surface area contributed by atoms with Crippen LogP contribution in [-0.4, -0.2) is 19.5 Å². The summed E-state index contributed by atoms with van der Waals surface area (Å²) >= 11 is 0. The standard InChI is InChI=1S/C17H28N2O/c1-13-10-14(2)12-15(11-13)19(5)16(20)6-7-17(3,4)8-9-18/h10-12H,6-9,18H2,1-5H3. The Kier molecular flexibility index (Phi) is 5.75. The van der Waals surface area contributed by atoms with E-state index in [-0.39, 0.29) is 11.3 Å². The summed E-state index contributed by atoms with van der Waals surface area (Å²) in [5.41, 5.74) is 9.09. The van der Waals surface area contributed by atoms with Gasteiger partial charge in [-0.2, -0.15) is 0 Å². The summed E-state index contributed by atoms with van der Waals surface area (Å²) in [5.74, 6) is 0.167. The summed E-state index contributed by atoms with van der Waals surface area (Å²) in [6, 6.07) is 6.22. The molecular weight excluding hydrogens is 248 g/mol. The molecule has 0 atom stereocenters. The third kappa shape index (κ3) is 4.97. The lowest BCUT2D eigenvalue weighted by atomic mass is 9.84. The van der Waals surface area contributed by atoms with Crippen LogP contribution in [0.3, 0.4) is 0 Å². The Bertz CT molecular complexity index is 446. The predicted molar refractivity (Wildman–Crippen MR) is 86.0 cm³/mol. The highest BCUT2D eigenvalue weighted by Gasteiger charge is 2.20. The highest BCUT2D eigenvalue weighted by molar-refractivity contribution is 5.92. The van der Waals surface area contributed by atoms with E-state index in [0.717, 1.165) is 18.5 Å². The topological polar surface area (TPSA) is 46.3 Å². The lowest BCUT2D eigenvalue weighted by Crippen LogP contribution is -2.28. The van der Waals surface area contributed by atoms with Crippen molar-refractivity contribution in [1.82, 2.24) is 0 Å². The highest BCUT2D eigenvalue weighted by atomic mass is 16.2. The molecule has 2 N–H and O–H groups in total. The van der Waals surface area contributed by atoms with Crippen LogP contribution < -0.4 is 10.6 Å². The van der Waals surface area contributed by atoms with Gasteiger partial charge in [-0.3, -0.25) is 4.79 Å². The van der Waals surface area contributed by atoms with Crippen molar-refractivity contribution in [1.29, 1.82) is 0 Å². The Labute approximate surface area is 123 Å². The summed E-state index contributed by atoms with van der Waals surface area (Å²) in [5, 5.41) is 0. The molecule has 1 aromatic carbocycles. The Morgan fingerprint density at radius 1 is 1.15 bits per heavy atom. The van der Waals surface area contributed by atoms with Gasteiger partial charge in [-0.25, -0.2) is 0 Å². The van der Waals surface area contributed by atoms with Gasteiger partial charge in [0.05, 0.1) is 0 Å². The lowest BCUT2D eigenvalue weighted by Gasteiger charge is -2.25. The maximum Gasteiger partial charge on any atom is 0.226 e. The fraction of sp³-hybridized carbons (Fsp3) is 0.588. The van der Waals surface area contributed by atoms with Crippen LogP contribution in [0.2, 0.25) is 0 Å². The van der Waals surface area contributed by atoms with Crippen molar-refractivity contribution in [2.75, 3.05) is 18.5 Å². The van der Waals surface area contributed by atoms with Crippen molar-refractivity contribution in [2.45, 2.75) is 47.0 Å². The second-order valence-corrected chi connectivity index (χ2v) is 6.50. The molecule has 112 valence electrons. The van der Waals surface area contributed by atoms with Crippen molar-refractivity contribution in [2.24, 2.45) is 11.1 Å². The molecule has 0 fully saturated rings. The van der Waals surface area contributed by atoms with Crippen LogP contribution >= 0.6 is 0 Å². The van der Waals surface area contributed by atoms with Gasteiger partial charge in [0.25, 0.3) is 0 Å². The van der Waals surface area contributed by atoms with E-state index in [1.54, 1.807) is 4.90 Å². The zero-order valence-electron chi connectivity index (χ0n) is 13.5. The van der Waals surface area contributed by atoms with Crippen molar-refractivity contribution >= 4 is 11.6 Å². The number of nitrogens with two attached hydrogens (primary N) is 1. The van der Waals surface area contributed by atoms with Crippen LogP contribution in [0.4, 0.5) is 5.69 Å². The molecule has 0 aliphatic rings. The van der Waals surface area contributed by atoms with Crippen molar-refractivity contribution in [3.05, 3.63) is 29.3 Å². The van der Waals surface area contributed by atoms with Crippen LogP contribution in [-0.2, 0) is 4.79 Å². The second-order valence-electron chi connectivity index (χ2n) is 6.50. The maximum atomic E-state index is 12.3. The van der Waals surface area contributed by atoms with Crippen LogP contribution in [0.1, 0.15) is 44.2 Å². The molecule has 0 saturated heterocycles. The number of hydrogen-bond acceptors (Lipinski definition) is 2. The number of rotatable bonds is 6. The summed E-state index contributed by atoms with van der Waals surface area (Å²) in [4.78, 5) is 14.1. The molecule has 3 nitrogen and oxygen atoms in total. The van der Waals surface area contributed by atoms with Crippen LogP contribution in [0.5, 0.6) is 0 Å². The first-order valence-corrected chi connectivity index (χ1v) is 7.30. The molecule has 1 amide bonds. The first kappa shape index (κ1) is 16.7. The second kappa shape index (κ2) is 6.89. The number of nitrogens with zero attached hydrogens (tertiary/aromatic N) is 1. The van der Waals surface area contributed by atoms with E-state index in [0.29, 0.717) is 13.0 Å². The molecule has 0 saturated carbocycles. The van der Waals surface area contributed by atoms with E-state index in [1.807, 2.05) is 7.05 Å². The molecule has 0 aromatic heterocycles. The minimum absolute atomic E-state index is 0.133. The van der Waals surface area contributed by atoms with E-state index in [1.165, 1.54) is 11.1 Å². The molecule has 1 aromatic rings. The van der Waals surface area contributed by atoms with Gasteiger partial charge in [0.2, 0.25) is 5.91 Å². The monoisotopic (exact) mass is 276 g/mol. The molecule has 0 unspecified atom stereocenters. The normalized spacial score (nSPS) is 11.5. The smallest absolute Gasteiger partial charge is 0.226 e. The first-order valence-electron chi connectivity index (χ1n) is 7.30. The first-order chi connectivity index (χ1) is 9.25. The number of carbonyl (C=O) groups excluding carboxylic acids is 1. The molecule has 3 heteroatoms. The van der Waals surface area contributed by atoms with Crippen molar-refractivity contribution < 1.29 is 4.79 Å². The maximum absolute atomic E-state index is 12.3. The summed E-state index contributed by atoms with van der Waals surface area (Å²) in [6.45, 7) is 9.13. The van der Waals surface area contributed by atoms with E-state index >= 15 is 0 Å². The third-order valence-electron chi connectivity index (χ3n) is 3.80. The number of aryl methyl sites for hydroxylation is 2. The number of benzene rings is 1. The number of hydrogen-bond donors (Lipinski definition) is 1. The van der Waals surface area contributed by atoms with E-state index in [9.17, 15) is 4.79 Å². The van der Waals surface area contributed by atoms with Crippen molar-refractivity contribution in [3.8, 4) is 0 Å². The molecule has 0 aliphatic carbocycles. The van der Waals surface area contributed by atoms with Crippen molar-refractivity contribution in [3.63, 3.8) is 0 Å². The molecule has 0 spiro atoms. The zero-order chi connectivity index (χ0) is 15.3. The van der Waals surface area contributed by atoms with Crippen LogP contribution in [0.25, 0.3) is 0 Å². The Morgan fingerprint density at radius 2 is 1.70 bits per heavy atom. The van der Waals surface area contributed by atoms with Crippen LogP contribution in [0.15, 0.2) is 18.2 Å². The average molecular weight is 276 g/mol. The Balaban J connectivity index is 2.67. The lowest BCUT2D eigenvalue weighted by molar-refractivity contribution is -0.118. The molecule has 0 heterocycles. The van der Waals surface area contributed by atoms with Gasteiger partial charge in [0.1, 0.15) is 0 Å². The van der Waals surface area contributed by atoms with Gasteiger partial charge in [-0.1, -0.05) is 19.9 Å². The molecule has 0 bridgehead atoms. The molecular formula is C17H28N2O. The third-order valence-corrected chi connectivity index (χ3v) is 3.80. The Hall–Kier alpha value is -1.35. The fourth-order valence-electron chi connectivity index (χ4n) is 2.42. The molecule has 0 aliphatic heterocycles. The number of anilines is 1. The fourth-order valence-corrected chi connectivity index (χ4v) is 2.42. The van der Waals surface area contributed by atoms with Gasteiger partial charge in [0.15, 0.2) is 0 Å². The largest absolute Gasteiger partial charge is 0.330 e. The van der Waals surface area contributed by atoms with Gasteiger partial charge in [-0.05, 0) is 61.9 Å². The number of carbonyl (C=O) groups is 1. The molecule has 1 rings (SSSR count). The van der Waals surface area contributed by atoms with Gasteiger partial charge in [0, 0.05) is 19.2 Å². The minimum atomic E-state index is 0.133. The molecule has 20 heavy (non-hydrogen) atoms. The predicted octanol–water partition coefficient (Wildman–Crippen LogP) is 3.42. The average Bonchev–Trinajstić information content (AvgIpc) is 2.34. The van der Waals surface area contributed by atoms with E-state index in [2.05, 4.69) is 45.9 Å². The summed E-state index contributed by atoms with van der Waals surface area (Å²) in [7, 11) is 1.85. The van der Waals surface area contributed by atoms with Gasteiger partial charge < -0.3 is 10.6 Å². The van der Waals surface area contributed by atoms with Gasteiger partial charge >= 0.3 is 0 Å². The minimum Gasteiger partial charge on any atom is -0.330 e. The van der Waals surface area contributed by atoms with Crippen LogP contribution in [0, 0.1) is 19.3 Å².